The van der Waals surface area contributed by atoms with Gasteiger partial charge in [-0.15, -0.1) is 0 Å². The summed E-state index contributed by atoms with van der Waals surface area (Å²) in [5, 5.41) is 4.00. The van der Waals surface area contributed by atoms with E-state index in [1.807, 2.05) is 28.8 Å². The largest absolute Gasteiger partial charge is 0.287 e. The number of hydrogen-bond donors (Lipinski definition) is 0. The summed E-state index contributed by atoms with van der Waals surface area (Å²) in [5.74, 6) is 1.32. The Morgan fingerprint density at radius 1 is 0.929 bits per heavy atom. The maximum atomic E-state index is 13.1. The minimum absolute atomic E-state index is 0.0617. The van der Waals surface area contributed by atoms with E-state index in [4.69, 9.17) is 4.98 Å². The van der Waals surface area contributed by atoms with Gasteiger partial charge in [-0.2, -0.15) is 0 Å². The first kappa shape index (κ1) is 18.8. The van der Waals surface area contributed by atoms with Crippen molar-refractivity contribution >= 4 is 33.4 Å². The fourth-order valence-electron chi connectivity index (χ4n) is 3.40. The Hall–Kier alpha value is -2.59. The highest BCUT2D eigenvalue weighted by atomic mass is 32.2. The van der Waals surface area contributed by atoms with Gasteiger partial charge in [0.15, 0.2) is 5.16 Å². The second-order valence-electron chi connectivity index (χ2n) is 7.48. The van der Waals surface area contributed by atoms with Crippen LogP contribution in [0.3, 0.4) is 0 Å². The first-order valence-corrected chi connectivity index (χ1v) is 10.7. The summed E-state index contributed by atoms with van der Waals surface area (Å²) >= 11 is 1.65. The van der Waals surface area contributed by atoms with Crippen molar-refractivity contribution < 1.29 is 0 Å². The van der Waals surface area contributed by atoms with Gasteiger partial charge in [-0.25, -0.2) is 4.98 Å². The van der Waals surface area contributed by atoms with Crippen LogP contribution < -0.4 is 5.56 Å². The SMILES string of the molecule is CC(C)CCn1c(SCc2cccc3ccccc23)nc2ccccc2c1=O. The Bertz CT molecular complexity index is 1170. The normalized spacial score (nSPS) is 11.5. The molecule has 0 amide bonds. The molecule has 0 aliphatic rings. The molecule has 28 heavy (non-hydrogen) atoms. The van der Waals surface area contributed by atoms with Crippen molar-refractivity contribution in [2.24, 2.45) is 5.92 Å². The van der Waals surface area contributed by atoms with Gasteiger partial charge in [0.05, 0.1) is 10.9 Å². The number of rotatable bonds is 6. The van der Waals surface area contributed by atoms with Crippen LogP contribution in [0.25, 0.3) is 21.7 Å². The van der Waals surface area contributed by atoms with Crippen LogP contribution >= 0.6 is 11.8 Å². The van der Waals surface area contributed by atoms with Crippen LogP contribution in [0.5, 0.6) is 0 Å². The van der Waals surface area contributed by atoms with E-state index in [9.17, 15) is 4.79 Å². The number of para-hydroxylation sites is 1. The summed E-state index contributed by atoms with van der Waals surface area (Å²) < 4.78 is 1.86. The Kier molecular flexibility index (Phi) is 5.49. The quantitative estimate of drug-likeness (QED) is 0.305. The molecule has 142 valence electrons. The molecule has 0 N–H and O–H groups in total. The van der Waals surface area contributed by atoms with E-state index in [0.717, 1.165) is 22.8 Å². The summed E-state index contributed by atoms with van der Waals surface area (Å²) in [5.41, 5.74) is 2.10. The van der Waals surface area contributed by atoms with Crippen LogP contribution in [0.1, 0.15) is 25.8 Å². The van der Waals surface area contributed by atoms with E-state index >= 15 is 0 Å². The van der Waals surface area contributed by atoms with Crippen molar-refractivity contribution in [2.45, 2.75) is 37.7 Å². The van der Waals surface area contributed by atoms with Gasteiger partial charge >= 0.3 is 0 Å². The standard InChI is InChI=1S/C24H24N2OS/c1-17(2)14-15-26-23(27)21-12-5-6-13-22(21)25-24(26)28-16-19-10-7-9-18-8-3-4-11-20(18)19/h3-13,17H,14-16H2,1-2H3. The summed E-state index contributed by atoms with van der Waals surface area (Å²) in [6, 6.07) is 22.5. The fourth-order valence-corrected chi connectivity index (χ4v) is 4.43. The zero-order valence-corrected chi connectivity index (χ0v) is 17.1. The highest BCUT2D eigenvalue weighted by molar-refractivity contribution is 7.98. The van der Waals surface area contributed by atoms with E-state index in [0.29, 0.717) is 17.8 Å². The Labute approximate surface area is 169 Å². The van der Waals surface area contributed by atoms with Crippen LogP contribution in [0, 0.1) is 5.92 Å². The van der Waals surface area contributed by atoms with Gasteiger partial charge in [0.1, 0.15) is 0 Å². The van der Waals surface area contributed by atoms with Crippen molar-refractivity contribution in [3.63, 3.8) is 0 Å². The van der Waals surface area contributed by atoms with Gasteiger partial charge in [-0.1, -0.05) is 80.2 Å². The minimum atomic E-state index is 0.0617. The third-order valence-corrected chi connectivity index (χ3v) is 6.02. The van der Waals surface area contributed by atoms with Crippen molar-refractivity contribution in [1.82, 2.24) is 9.55 Å². The van der Waals surface area contributed by atoms with Crippen LogP contribution in [0.15, 0.2) is 76.7 Å². The molecule has 4 aromatic rings. The molecular formula is C24H24N2OS. The lowest BCUT2D eigenvalue weighted by molar-refractivity contribution is 0.481. The van der Waals surface area contributed by atoms with Gasteiger partial charge in [0.2, 0.25) is 0 Å². The van der Waals surface area contributed by atoms with E-state index in [1.54, 1.807) is 11.8 Å². The van der Waals surface area contributed by atoms with Gasteiger partial charge in [0, 0.05) is 12.3 Å². The van der Waals surface area contributed by atoms with E-state index in [-0.39, 0.29) is 5.56 Å². The average molecular weight is 389 g/mol. The average Bonchev–Trinajstić information content (AvgIpc) is 2.71. The summed E-state index contributed by atoms with van der Waals surface area (Å²) in [4.78, 5) is 17.9. The lowest BCUT2D eigenvalue weighted by Crippen LogP contribution is -2.24. The van der Waals surface area contributed by atoms with Crippen molar-refractivity contribution in [2.75, 3.05) is 0 Å². The lowest BCUT2D eigenvalue weighted by atomic mass is 10.1. The fraction of sp³-hybridized carbons (Fsp3) is 0.250. The molecule has 0 saturated carbocycles. The third kappa shape index (κ3) is 3.83. The molecule has 3 nitrogen and oxygen atoms in total. The molecule has 0 radical (unpaired) electrons. The number of fused-ring (bicyclic) bond motifs is 2. The van der Waals surface area contributed by atoms with Gasteiger partial charge in [-0.05, 0) is 40.8 Å². The van der Waals surface area contributed by atoms with Crippen molar-refractivity contribution in [3.05, 3.63) is 82.6 Å². The monoisotopic (exact) mass is 388 g/mol. The highest BCUT2D eigenvalue weighted by Gasteiger charge is 2.13. The molecule has 3 aromatic carbocycles. The number of nitrogens with zero attached hydrogens (tertiary/aromatic N) is 2. The smallest absolute Gasteiger partial charge is 0.262 e. The molecule has 0 aliphatic carbocycles. The third-order valence-electron chi connectivity index (χ3n) is 4.99. The van der Waals surface area contributed by atoms with Gasteiger partial charge < -0.3 is 0 Å². The maximum Gasteiger partial charge on any atom is 0.262 e. The summed E-state index contributed by atoms with van der Waals surface area (Å²) in [6.07, 6.45) is 0.960. The van der Waals surface area contributed by atoms with E-state index in [1.165, 1.54) is 16.3 Å². The predicted octanol–water partition coefficient (Wildman–Crippen LogP) is 5.89. The molecule has 4 heteroatoms. The van der Waals surface area contributed by atoms with Crippen LogP contribution in [0.4, 0.5) is 0 Å². The maximum absolute atomic E-state index is 13.1. The number of aromatic nitrogens is 2. The van der Waals surface area contributed by atoms with Gasteiger partial charge in [0.25, 0.3) is 5.56 Å². The lowest BCUT2D eigenvalue weighted by Gasteiger charge is -2.14. The van der Waals surface area contributed by atoms with E-state index in [2.05, 4.69) is 56.3 Å². The first-order chi connectivity index (χ1) is 13.6. The molecule has 1 aromatic heterocycles. The minimum Gasteiger partial charge on any atom is -0.287 e. The molecule has 0 atom stereocenters. The molecule has 4 rings (SSSR count). The zero-order valence-electron chi connectivity index (χ0n) is 16.3. The molecule has 0 aliphatic heterocycles. The predicted molar refractivity (Wildman–Crippen MR) is 119 cm³/mol. The zero-order chi connectivity index (χ0) is 19.5. The second kappa shape index (κ2) is 8.19. The first-order valence-electron chi connectivity index (χ1n) is 9.72. The molecule has 0 unspecified atom stereocenters. The molecule has 0 spiro atoms. The van der Waals surface area contributed by atoms with Crippen molar-refractivity contribution in [1.29, 1.82) is 0 Å². The summed E-state index contributed by atoms with van der Waals surface area (Å²) in [6.45, 7) is 5.07. The molecular weight excluding hydrogens is 364 g/mol. The summed E-state index contributed by atoms with van der Waals surface area (Å²) in [7, 11) is 0. The number of thioether (sulfide) groups is 1. The topological polar surface area (TPSA) is 34.9 Å². The van der Waals surface area contributed by atoms with Crippen LogP contribution in [-0.2, 0) is 12.3 Å². The molecule has 0 fully saturated rings. The molecule has 0 bridgehead atoms. The Morgan fingerprint density at radius 3 is 2.46 bits per heavy atom. The van der Waals surface area contributed by atoms with E-state index < -0.39 is 0 Å². The number of hydrogen-bond acceptors (Lipinski definition) is 3. The number of benzene rings is 3. The van der Waals surface area contributed by atoms with Crippen molar-refractivity contribution in [3.8, 4) is 0 Å². The Morgan fingerprint density at radius 2 is 1.64 bits per heavy atom. The second-order valence-corrected chi connectivity index (χ2v) is 8.42. The molecule has 0 saturated heterocycles. The van der Waals surface area contributed by atoms with Crippen LogP contribution in [0.2, 0.25) is 0 Å². The highest BCUT2D eigenvalue weighted by Crippen LogP contribution is 2.27. The van der Waals surface area contributed by atoms with Gasteiger partial charge in [-0.3, -0.25) is 9.36 Å². The Balaban J connectivity index is 1.72. The molecule has 1 heterocycles. The van der Waals surface area contributed by atoms with Crippen LogP contribution in [-0.4, -0.2) is 9.55 Å².